The number of hydrogen-bond donors (Lipinski definition) is 0. The van der Waals surface area contributed by atoms with E-state index in [9.17, 15) is 26.3 Å². The van der Waals surface area contributed by atoms with Gasteiger partial charge in [0.15, 0.2) is 0 Å². The smallest absolute Gasteiger partial charge is 0.373 e. The minimum atomic E-state index is -4.88. The molecule has 0 aliphatic heterocycles. The molecule has 0 saturated heterocycles. The quantitative estimate of drug-likeness (QED) is 0.300. The molecule has 0 N–H and O–H groups in total. The second-order valence-corrected chi connectivity index (χ2v) is 7.55. The summed E-state index contributed by atoms with van der Waals surface area (Å²) in [4.78, 5) is 0. The molecule has 0 spiro atoms. The van der Waals surface area contributed by atoms with Crippen LogP contribution in [0.3, 0.4) is 0 Å². The normalized spacial score (nSPS) is 15.8. The lowest BCUT2D eigenvalue weighted by molar-refractivity contribution is -0.143. The minimum Gasteiger partial charge on any atom is -0.373 e. The van der Waals surface area contributed by atoms with E-state index >= 15 is 0 Å². The van der Waals surface area contributed by atoms with Crippen LogP contribution in [0.4, 0.5) is 26.3 Å². The van der Waals surface area contributed by atoms with Gasteiger partial charge in [-0.1, -0.05) is 18.6 Å². The first-order valence-corrected chi connectivity index (χ1v) is 8.84. The van der Waals surface area contributed by atoms with E-state index in [1.54, 1.807) is 6.08 Å². The summed E-state index contributed by atoms with van der Waals surface area (Å²) in [5.74, 6) is 0. The van der Waals surface area contributed by atoms with Crippen LogP contribution in [0, 0.1) is 5.41 Å². The highest BCUT2D eigenvalue weighted by atomic mass is 19.4. The number of halogens is 6. The van der Waals surface area contributed by atoms with E-state index in [1.165, 1.54) is 6.92 Å². The van der Waals surface area contributed by atoms with Crippen molar-refractivity contribution >= 4 is 0 Å². The Kier molecular flexibility index (Phi) is 7.94. The highest BCUT2D eigenvalue weighted by Crippen LogP contribution is 2.38. The van der Waals surface area contributed by atoms with Crippen molar-refractivity contribution in [2.75, 3.05) is 6.61 Å². The number of alkyl halides is 6. The predicted octanol–water partition coefficient (Wildman–Crippen LogP) is 7.74. The molecular formula is C21H26F6O. The van der Waals surface area contributed by atoms with E-state index in [0.29, 0.717) is 18.6 Å². The van der Waals surface area contributed by atoms with Gasteiger partial charge in [0.05, 0.1) is 23.8 Å². The molecule has 1 aromatic rings. The molecule has 0 aliphatic rings. The fraction of sp³-hybridized carbons (Fsp3) is 0.524. The van der Waals surface area contributed by atoms with Crippen molar-refractivity contribution in [1.82, 2.24) is 0 Å². The van der Waals surface area contributed by atoms with Crippen molar-refractivity contribution < 1.29 is 31.1 Å². The van der Waals surface area contributed by atoms with Crippen molar-refractivity contribution in [1.29, 1.82) is 0 Å². The Morgan fingerprint density at radius 1 is 1.07 bits per heavy atom. The molecule has 0 radical (unpaired) electrons. The van der Waals surface area contributed by atoms with Gasteiger partial charge in [-0.2, -0.15) is 26.3 Å². The zero-order valence-corrected chi connectivity index (χ0v) is 16.3. The second kappa shape index (κ2) is 9.16. The van der Waals surface area contributed by atoms with Gasteiger partial charge in [0.25, 0.3) is 0 Å². The third kappa shape index (κ3) is 7.34. The monoisotopic (exact) mass is 408 g/mol. The molecule has 1 rings (SSSR count). The molecule has 0 saturated carbocycles. The van der Waals surface area contributed by atoms with E-state index in [0.717, 1.165) is 18.4 Å². The number of hydrogen-bond acceptors (Lipinski definition) is 1. The summed E-state index contributed by atoms with van der Waals surface area (Å²) in [6.45, 7) is 13.0. The molecule has 0 aliphatic carbocycles. The lowest BCUT2D eigenvalue weighted by Gasteiger charge is -2.30. The second-order valence-electron chi connectivity index (χ2n) is 7.55. The van der Waals surface area contributed by atoms with Gasteiger partial charge in [0.2, 0.25) is 0 Å². The average molecular weight is 408 g/mol. The third-order valence-electron chi connectivity index (χ3n) is 4.55. The largest absolute Gasteiger partial charge is 0.416 e. The van der Waals surface area contributed by atoms with E-state index in [4.69, 9.17) is 4.74 Å². The van der Waals surface area contributed by atoms with Crippen LogP contribution in [0.1, 0.15) is 62.8 Å². The maximum Gasteiger partial charge on any atom is 0.416 e. The molecular weight excluding hydrogens is 382 g/mol. The Hall–Kier alpha value is -1.76. The zero-order valence-electron chi connectivity index (χ0n) is 16.3. The van der Waals surface area contributed by atoms with Crippen molar-refractivity contribution in [3.05, 3.63) is 59.7 Å². The van der Waals surface area contributed by atoms with E-state index < -0.39 is 29.6 Å². The van der Waals surface area contributed by atoms with Gasteiger partial charge < -0.3 is 4.74 Å². The molecule has 0 fully saturated rings. The predicted molar refractivity (Wildman–Crippen MR) is 97.8 cm³/mol. The molecule has 2 unspecified atom stereocenters. The fourth-order valence-electron chi connectivity index (χ4n) is 2.73. The van der Waals surface area contributed by atoms with Crippen LogP contribution in [0.5, 0.6) is 0 Å². The molecule has 7 heteroatoms. The molecule has 1 nitrogen and oxygen atoms in total. The lowest BCUT2D eigenvalue weighted by Crippen LogP contribution is -2.24. The van der Waals surface area contributed by atoms with Gasteiger partial charge in [-0.25, -0.2) is 0 Å². The fourth-order valence-corrected chi connectivity index (χ4v) is 2.73. The summed E-state index contributed by atoms with van der Waals surface area (Å²) in [6.07, 6.45) is -6.91. The number of benzene rings is 1. The Morgan fingerprint density at radius 3 is 1.96 bits per heavy atom. The molecule has 0 heterocycles. The molecule has 158 valence electrons. The zero-order chi connectivity index (χ0) is 21.8. The lowest BCUT2D eigenvalue weighted by atomic mass is 9.82. The summed E-state index contributed by atoms with van der Waals surface area (Å²) in [7, 11) is 0. The molecule has 0 aromatic heterocycles. The van der Waals surface area contributed by atoms with Crippen LogP contribution in [0.25, 0.3) is 0 Å². The van der Waals surface area contributed by atoms with Gasteiger partial charge in [-0.15, -0.1) is 13.2 Å². The first kappa shape index (κ1) is 24.3. The van der Waals surface area contributed by atoms with Gasteiger partial charge in [-0.3, -0.25) is 0 Å². The number of rotatable bonds is 9. The Morgan fingerprint density at radius 2 is 1.57 bits per heavy atom. The van der Waals surface area contributed by atoms with Crippen molar-refractivity contribution in [2.24, 2.45) is 5.41 Å². The van der Waals surface area contributed by atoms with Gasteiger partial charge in [0.1, 0.15) is 0 Å². The van der Waals surface area contributed by atoms with Crippen LogP contribution in [0.15, 0.2) is 43.0 Å². The first-order valence-electron chi connectivity index (χ1n) is 8.84. The van der Waals surface area contributed by atoms with Crippen molar-refractivity contribution in [3.63, 3.8) is 0 Å². The van der Waals surface area contributed by atoms with Crippen molar-refractivity contribution in [3.8, 4) is 0 Å². The SMILES string of the molecule is C=CCC(C)(CCC(=C)C)COC(C)c1cc(C(F)(F)F)cc(C(F)(F)F)c1. The topological polar surface area (TPSA) is 9.23 Å². The van der Waals surface area contributed by atoms with Crippen LogP contribution >= 0.6 is 0 Å². The molecule has 0 amide bonds. The number of ether oxygens (including phenoxy) is 1. The molecule has 28 heavy (non-hydrogen) atoms. The highest BCUT2D eigenvalue weighted by Gasteiger charge is 2.37. The van der Waals surface area contributed by atoms with E-state index in [2.05, 4.69) is 13.2 Å². The first-order chi connectivity index (χ1) is 12.7. The van der Waals surface area contributed by atoms with Crippen molar-refractivity contribution in [2.45, 2.75) is 58.5 Å². The average Bonchev–Trinajstić information content (AvgIpc) is 2.56. The highest BCUT2D eigenvalue weighted by molar-refractivity contribution is 5.34. The van der Waals surface area contributed by atoms with Crippen LogP contribution in [-0.2, 0) is 17.1 Å². The van der Waals surface area contributed by atoms with E-state index in [1.807, 2.05) is 13.8 Å². The third-order valence-corrected chi connectivity index (χ3v) is 4.55. The molecule has 2 atom stereocenters. The van der Waals surface area contributed by atoms with Gasteiger partial charge >= 0.3 is 12.4 Å². The Bertz CT molecular complexity index is 657. The standard InChI is InChI=1S/C21H26F6O/c1-6-8-19(5,9-7-14(2)3)13-28-15(4)16-10-17(20(22,23)24)12-18(11-16)21(25,26)27/h6,10-12,15H,1-2,7-9,13H2,3-5H3. The summed E-state index contributed by atoms with van der Waals surface area (Å²) in [6, 6.07) is 1.53. The van der Waals surface area contributed by atoms with Crippen LogP contribution < -0.4 is 0 Å². The van der Waals surface area contributed by atoms with Gasteiger partial charge in [-0.05, 0) is 62.3 Å². The minimum absolute atomic E-state index is 0.116. The van der Waals surface area contributed by atoms with Crippen LogP contribution in [-0.4, -0.2) is 6.61 Å². The Balaban J connectivity index is 3.08. The summed E-state index contributed by atoms with van der Waals surface area (Å²) in [5.41, 5.74) is -2.21. The van der Waals surface area contributed by atoms with Crippen LogP contribution in [0.2, 0.25) is 0 Å². The maximum atomic E-state index is 13.0. The summed E-state index contributed by atoms with van der Waals surface area (Å²) in [5, 5.41) is 0. The molecule has 1 aromatic carbocycles. The summed E-state index contributed by atoms with van der Waals surface area (Å²) >= 11 is 0. The number of allylic oxidation sites excluding steroid dienone is 2. The maximum absolute atomic E-state index is 13.0. The van der Waals surface area contributed by atoms with Gasteiger partial charge in [0, 0.05) is 0 Å². The Labute approximate surface area is 162 Å². The molecule has 0 bridgehead atoms. The van der Waals surface area contributed by atoms with E-state index in [-0.39, 0.29) is 23.7 Å². The summed E-state index contributed by atoms with van der Waals surface area (Å²) < 4.78 is 83.8.